The van der Waals surface area contributed by atoms with Crippen molar-refractivity contribution in [3.05, 3.63) is 41.0 Å². The van der Waals surface area contributed by atoms with E-state index in [2.05, 4.69) is 29.1 Å². The van der Waals surface area contributed by atoms with Gasteiger partial charge in [0.05, 0.1) is 0 Å². The van der Waals surface area contributed by atoms with Crippen LogP contribution in [0.15, 0.2) is 30.3 Å². The van der Waals surface area contributed by atoms with Crippen LogP contribution in [-0.4, -0.2) is 16.5 Å². The highest BCUT2D eigenvalue weighted by Gasteiger charge is 2.07. The Morgan fingerprint density at radius 1 is 1.10 bits per heavy atom. The molecule has 0 aliphatic rings. The molecule has 106 valence electrons. The number of nitrogens with zero attached hydrogens (tertiary/aromatic N) is 2. The fourth-order valence-electron chi connectivity index (χ4n) is 1.98. The van der Waals surface area contributed by atoms with Crippen molar-refractivity contribution < 1.29 is 0 Å². The van der Waals surface area contributed by atoms with Crippen molar-refractivity contribution in [3.8, 4) is 11.4 Å². The van der Waals surface area contributed by atoms with Crippen LogP contribution in [0.4, 0.5) is 5.82 Å². The monoisotopic (exact) mass is 289 g/mol. The third-order valence-electron chi connectivity index (χ3n) is 2.92. The second kappa shape index (κ2) is 7.25. The van der Waals surface area contributed by atoms with Crippen LogP contribution in [0.3, 0.4) is 0 Å². The molecule has 20 heavy (non-hydrogen) atoms. The summed E-state index contributed by atoms with van der Waals surface area (Å²) in [4.78, 5) is 9.22. The van der Waals surface area contributed by atoms with Crippen LogP contribution in [0.1, 0.15) is 32.4 Å². The summed E-state index contributed by atoms with van der Waals surface area (Å²) in [6.07, 6.45) is 3.09. The zero-order valence-electron chi connectivity index (χ0n) is 12.0. The number of rotatable bonds is 6. The molecule has 0 fully saturated rings. The van der Waals surface area contributed by atoms with Crippen LogP contribution in [0, 0.1) is 0 Å². The molecule has 0 unspecified atom stereocenters. The number of halogens is 1. The van der Waals surface area contributed by atoms with E-state index in [0.29, 0.717) is 5.02 Å². The highest BCUT2D eigenvalue weighted by molar-refractivity contribution is 6.30. The van der Waals surface area contributed by atoms with E-state index in [9.17, 15) is 0 Å². The number of hydrogen-bond acceptors (Lipinski definition) is 3. The van der Waals surface area contributed by atoms with E-state index in [4.69, 9.17) is 11.6 Å². The molecule has 3 nitrogen and oxygen atoms in total. The van der Waals surface area contributed by atoms with Gasteiger partial charge < -0.3 is 5.32 Å². The maximum Gasteiger partial charge on any atom is 0.161 e. The normalized spacial score (nSPS) is 10.6. The topological polar surface area (TPSA) is 37.8 Å². The second-order valence-corrected chi connectivity index (χ2v) is 5.19. The Hall–Kier alpha value is -1.61. The van der Waals surface area contributed by atoms with Gasteiger partial charge in [-0.25, -0.2) is 9.97 Å². The maximum atomic E-state index is 6.05. The van der Waals surface area contributed by atoms with Crippen molar-refractivity contribution in [2.75, 3.05) is 11.9 Å². The first-order valence-corrected chi connectivity index (χ1v) is 7.48. The van der Waals surface area contributed by atoms with Gasteiger partial charge in [-0.1, -0.05) is 44.0 Å². The Balaban J connectivity index is 2.37. The average molecular weight is 290 g/mol. The fourth-order valence-corrected chi connectivity index (χ4v) is 2.17. The minimum Gasteiger partial charge on any atom is -0.370 e. The van der Waals surface area contributed by atoms with Crippen LogP contribution in [0.2, 0.25) is 5.02 Å². The highest BCUT2D eigenvalue weighted by Crippen LogP contribution is 2.21. The molecule has 0 amide bonds. The van der Waals surface area contributed by atoms with Gasteiger partial charge in [-0.05, 0) is 25.0 Å². The van der Waals surface area contributed by atoms with Gasteiger partial charge in [0.15, 0.2) is 5.82 Å². The molecule has 0 saturated heterocycles. The van der Waals surface area contributed by atoms with Crippen molar-refractivity contribution in [3.63, 3.8) is 0 Å². The predicted octanol–water partition coefficient (Wildman–Crippen LogP) is 4.57. The van der Waals surface area contributed by atoms with Gasteiger partial charge in [0, 0.05) is 28.9 Å². The van der Waals surface area contributed by atoms with Gasteiger partial charge in [0.1, 0.15) is 5.82 Å². The zero-order chi connectivity index (χ0) is 14.4. The van der Waals surface area contributed by atoms with Crippen LogP contribution in [-0.2, 0) is 6.42 Å². The summed E-state index contributed by atoms with van der Waals surface area (Å²) in [6.45, 7) is 5.21. The molecule has 0 atom stereocenters. The van der Waals surface area contributed by atoms with Crippen molar-refractivity contribution in [1.29, 1.82) is 0 Å². The molecule has 4 heteroatoms. The Labute approximate surface area is 125 Å². The number of aryl methyl sites for hydroxylation is 1. The summed E-state index contributed by atoms with van der Waals surface area (Å²) >= 11 is 6.05. The largest absolute Gasteiger partial charge is 0.370 e. The van der Waals surface area contributed by atoms with Crippen molar-refractivity contribution in [2.24, 2.45) is 0 Å². The first-order chi connectivity index (χ1) is 9.72. The molecular weight excluding hydrogens is 270 g/mol. The Kier molecular flexibility index (Phi) is 5.36. The molecule has 0 spiro atoms. The third kappa shape index (κ3) is 3.94. The molecule has 1 N–H and O–H groups in total. The number of nitrogens with one attached hydrogen (secondary N) is 1. The molecule has 0 bridgehead atoms. The third-order valence-corrected chi connectivity index (χ3v) is 3.16. The van der Waals surface area contributed by atoms with E-state index in [1.807, 2.05) is 30.3 Å². The second-order valence-electron chi connectivity index (χ2n) is 4.76. The number of hydrogen-bond donors (Lipinski definition) is 1. The van der Waals surface area contributed by atoms with Crippen molar-refractivity contribution in [1.82, 2.24) is 9.97 Å². The Morgan fingerprint density at radius 2 is 1.95 bits per heavy atom. The lowest BCUT2D eigenvalue weighted by molar-refractivity contribution is 0.872. The molecule has 1 aromatic heterocycles. The van der Waals surface area contributed by atoms with Crippen molar-refractivity contribution >= 4 is 17.4 Å². The van der Waals surface area contributed by atoms with Gasteiger partial charge >= 0.3 is 0 Å². The molecule has 0 aliphatic carbocycles. The highest BCUT2D eigenvalue weighted by atomic mass is 35.5. The number of anilines is 1. The quantitative estimate of drug-likeness (QED) is 0.846. The summed E-state index contributed by atoms with van der Waals surface area (Å²) in [5.74, 6) is 1.62. The van der Waals surface area contributed by atoms with E-state index >= 15 is 0 Å². The lowest BCUT2D eigenvalue weighted by Gasteiger charge is -2.09. The molecule has 0 saturated carbocycles. The van der Waals surface area contributed by atoms with Gasteiger partial charge in [0.2, 0.25) is 0 Å². The van der Waals surface area contributed by atoms with Crippen LogP contribution in [0.25, 0.3) is 11.4 Å². The Morgan fingerprint density at radius 3 is 2.65 bits per heavy atom. The van der Waals surface area contributed by atoms with Gasteiger partial charge in [-0.15, -0.1) is 0 Å². The molecule has 1 aromatic carbocycles. The lowest BCUT2D eigenvalue weighted by atomic mass is 10.2. The average Bonchev–Trinajstić information content (AvgIpc) is 2.45. The van der Waals surface area contributed by atoms with Crippen molar-refractivity contribution in [2.45, 2.75) is 33.1 Å². The summed E-state index contributed by atoms with van der Waals surface area (Å²) in [5, 5.41) is 4.04. The maximum absolute atomic E-state index is 6.05. The van der Waals surface area contributed by atoms with Crippen LogP contribution < -0.4 is 5.32 Å². The Bertz CT molecular complexity index is 569. The van der Waals surface area contributed by atoms with Crippen LogP contribution >= 0.6 is 11.6 Å². The molecule has 2 aromatic rings. The zero-order valence-corrected chi connectivity index (χ0v) is 12.7. The summed E-state index contributed by atoms with van der Waals surface area (Å²) in [7, 11) is 0. The van der Waals surface area contributed by atoms with Gasteiger partial charge in [0.25, 0.3) is 0 Å². The molecule has 0 aliphatic heterocycles. The van der Waals surface area contributed by atoms with E-state index < -0.39 is 0 Å². The number of benzene rings is 1. The van der Waals surface area contributed by atoms with Gasteiger partial charge in [-0.2, -0.15) is 0 Å². The summed E-state index contributed by atoms with van der Waals surface area (Å²) < 4.78 is 0. The SMILES string of the molecule is CCCNc1cc(CCC)nc(-c2cccc(Cl)c2)n1. The fraction of sp³-hybridized carbons (Fsp3) is 0.375. The van der Waals surface area contributed by atoms with Gasteiger partial charge in [-0.3, -0.25) is 0 Å². The van der Waals surface area contributed by atoms with Crippen LogP contribution in [0.5, 0.6) is 0 Å². The smallest absolute Gasteiger partial charge is 0.161 e. The summed E-state index contributed by atoms with van der Waals surface area (Å²) in [5.41, 5.74) is 2.02. The first-order valence-electron chi connectivity index (χ1n) is 7.10. The molecule has 0 radical (unpaired) electrons. The van der Waals surface area contributed by atoms with E-state index in [1.165, 1.54) is 0 Å². The standard InChI is InChI=1S/C16H20ClN3/c1-3-6-14-11-15(18-9-4-2)20-16(19-14)12-7-5-8-13(17)10-12/h5,7-8,10-11H,3-4,6,9H2,1-2H3,(H,18,19,20). The lowest BCUT2D eigenvalue weighted by Crippen LogP contribution is -2.05. The molecule has 1 heterocycles. The minimum absolute atomic E-state index is 0.704. The molecular formula is C16H20ClN3. The van der Waals surface area contributed by atoms with E-state index in [0.717, 1.165) is 48.7 Å². The van der Waals surface area contributed by atoms with E-state index in [1.54, 1.807) is 0 Å². The predicted molar refractivity (Wildman–Crippen MR) is 85.3 cm³/mol. The number of aromatic nitrogens is 2. The minimum atomic E-state index is 0.704. The first kappa shape index (κ1) is 14.8. The summed E-state index contributed by atoms with van der Waals surface area (Å²) in [6, 6.07) is 9.70. The molecule has 2 rings (SSSR count). The van der Waals surface area contributed by atoms with E-state index in [-0.39, 0.29) is 0 Å².